The number of hydrogen-bond acceptors (Lipinski definition) is 5. The van der Waals surface area contributed by atoms with Crippen molar-refractivity contribution >= 4 is 31.3 Å². The van der Waals surface area contributed by atoms with Gasteiger partial charge in [0, 0.05) is 17.1 Å². The fourth-order valence-corrected chi connectivity index (χ4v) is 4.07. The minimum atomic E-state index is -4.67. The Morgan fingerprint density at radius 1 is 1.18 bits per heavy atom. The molecule has 0 saturated carbocycles. The molecule has 1 fully saturated rings. The average Bonchev–Trinajstić information content (AvgIpc) is 3.02. The number of aromatic amines is 1. The molecule has 1 aliphatic rings. The van der Waals surface area contributed by atoms with Crippen LogP contribution in [0.1, 0.15) is 29.9 Å². The van der Waals surface area contributed by atoms with Crippen LogP contribution in [0.2, 0.25) is 0 Å². The van der Waals surface area contributed by atoms with Gasteiger partial charge in [-0.3, -0.25) is 9.11 Å². The van der Waals surface area contributed by atoms with E-state index in [0.29, 0.717) is 12.3 Å². The number of nitrogens with zero attached hydrogens (tertiary/aromatic N) is 1. The number of fused-ring (bicyclic) bond motifs is 1. The Morgan fingerprint density at radius 2 is 1.79 bits per heavy atom. The van der Waals surface area contributed by atoms with Crippen molar-refractivity contribution in [2.45, 2.75) is 25.2 Å². The monoisotopic (exact) mass is 433 g/mol. The third kappa shape index (κ3) is 7.15. The van der Waals surface area contributed by atoms with Gasteiger partial charge in [0.1, 0.15) is 0 Å². The smallest absolute Gasteiger partial charge is 0.361 e. The Labute approximate surface area is 165 Å². The molecule has 9 nitrogen and oxygen atoms in total. The van der Waals surface area contributed by atoms with Gasteiger partial charge in [-0.2, -0.15) is 8.42 Å². The van der Waals surface area contributed by atoms with Gasteiger partial charge < -0.3 is 9.88 Å². The van der Waals surface area contributed by atoms with Crippen LogP contribution in [-0.2, 0) is 26.8 Å². The zero-order valence-electron chi connectivity index (χ0n) is 15.9. The second-order valence-electron chi connectivity index (χ2n) is 6.92. The lowest BCUT2D eigenvalue weighted by molar-refractivity contribution is 0.256. The van der Waals surface area contributed by atoms with Crippen LogP contribution in [0.4, 0.5) is 0 Å². The molecule has 28 heavy (non-hydrogen) atoms. The van der Waals surface area contributed by atoms with Crippen LogP contribution in [0.25, 0.3) is 10.9 Å². The molecule has 158 valence electrons. The van der Waals surface area contributed by atoms with E-state index >= 15 is 0 Å². The molecule has 2 heterocycles. The molecular weight excluding hydrogens is 406 g/mol. The standard InChI is InChI=1S/C17H25N3O2S.H2O4S/c1-18-23(21,22)10-7-13-3-4-17-15(11-13)16(12-19-17)14-5-8-20(2)9-6-14;1-5(2,3)4/h3-4,11-12,14,18-19H,5-10H2,1-2H3;(H2,1,2,3,4). The van der Waals surface area contributed by atoms with Gasteiger partial charge in [-0.15, -0.1) is 0 Å². The quantitative estimate of drug-likeness (QED) is 0.523. The highest BCUT2D eigenvalue weighted by Gasteiger charge is 2.21. The van der Waals surface area contributed by atoms with Crippen LogP contribution in [0.5, 0.6) is 0 Å². The number of hydrogen-bond donors (Lipinski definition) is 4. The maximum absolute atomic E-state index is 11.6. The predicted octanol–water partition coefficient (Wildman–Crippen LogP) is 1.42. The first-order valence-corrected chi connectivity index (χ1v) is 11.9. The number of H-pyrrole nitrogens is 1. The lowest BCUT2D eigenvalue weighted by atomic mass is 9.89. The Morgan fingerprint density at radius 3 is 2.36 bits per heavy atom. The van der Waals surface area contributed by atoms with Crippen molar-refractivity contribution in [1.29, 1.82) is 0 Å². The summed E-state index contributed by atoms with van der Waals surface area (Å²) in [5.41, 5.74) is 3.59. The summed E-state index contributed by atoms with van der Waals surface area (Å²) in [5, 5.41) is 1.25. The number of benzene rings is 1. The van der Waals surface area contributed by atoms with E-state index in [1.165, 1.54) is 30.8 Å². The number of nitrogens with one attached hydrogen (secondary N) is 2. The molecule has 1 aromatic heterocycles. The topological polar surface area (TPSA) is 140 Å². The highest BCUT2D eigenvalue weighted by molar-refractivity contribution is 7.89. The number of aromatic nitrogens is 1. The summed E-state index contributed by atoms with van der Waals surface area (Å²) in [6, 6.07) is 6.24. The number of aryl methyl sites for hydroxylation is 1. The third-order valence-electron chi connectivity index (χ3n) is 4.91. The van der Waals surface area contributed by atoms with E-state index in [0.717, 1.165) is 24.2 Å². The third-order valence-corrected chi connectivity index (χ3v) is 6.27. The highest BCUT2D eigenvalue weighted by atomic mass is 32.3. The largest absolute Gasteiger partial charge is 0.394 e. The van der Waals surface area contributed by atoms with Gasteiger partial charge in [0.05, 0.1) is 5.75 Å². The van der Waals surface area contributed by atoms with E-state index in [1.54, 1.807) is 0 Å². The molecule has 3 rings (SSSR count). The van der Waals surface area contributed by atoms with Crippen LogP contribution in [0.3, 0.4) is 0 Å². The first kappa shape index (κ1) is 22.8. The highest BCUT2D eigenvalue weighted by Crippen LogP contribution is 2.33. The molecule has 1 aliphatic heterocycles. The Bertz CT molecular complexity index is 985. The SMILES string of the molecule is CNS(=O)(=O)CCc1ccc2[nH]cc(C3CCN(C)CC3)c2c1.O=S(=O)(O)O. The van der Waals surface area contributed by atoms with Crippen molar-refractivity contribution < 1.29 is 25.9 Å². The van der Waals surface area contributed by atoms with Gasteiger partial charge in [0.15, 0.2) is 0 Å². The summed E-state index contributed by atoms with van der Waals surface area (Å²) in [7, 11) is -4.19. The Hall–Kier alpha value is -1.50. The Balaban J connectivity index is 0.000000500. The van der Waals surface area contributed by atoms with Crippen LogP contribution in [0.15, 0.2) is 24.4 Å². The van der Waals surface area contributed by atoms with E-state index in [-0.39, 0.29) is 5.75 Å². The summed E-state index contributed by atoms with van der Waals surface area (Å²) in [6.07, 6.45) is 5.04. The summed E-state index contributed by atoms with van der Waals surface area (Å²) in [6.45, 7) is 2.27. The molecule has 0 bridgehead atoms. The zero-order chi connectivity index (χ0) is 20.9. The molecule has 0 aliphatic carbocycles. The van der Waals surface area contributed by atoms with Gasteiger partial charge in [0.25, 0.3) is 0 Å². The first-order chi connectivity index (χ1) is 13.0. The van der Waals surface area contributed by atoms with Crippen molar-refractivity contribution in [3.63, 3.8) is 0 Å². The molecule has 1 saturated heterocycles. The second-order valence-corrected chi connectivity index (χ2v) is 9.86. The van der Waals surface area contributed by atoms with E-state index in [9.17, 15) is 8.42 Å². The van der Waals surface area contributed by atoms with Gasteiger partial charge >= 0.3 is 10.4 Å². The van der Waals surface area contributed by atoms with Gasteiger partial charge in [0.2, 0.25) is 10.0 Å². The maximum atomic E-state index is 11.6. The minimum Gasteiger partial charge on any atom is -0.361 e. The molecule has 1 aromatic carbocycles. The summed E-state index contributed by atoms with van der Waals surface area (Å²) in [5.74, 6) is 0.722. The van der Waals surface area contributed by atoms with Crippen LogP contribution < -0.4 is 4.72 Å². The maximum Gasteiger partial charge on any atom is 0.394 e. The molecule has 4 N–H and O–H groups in total. The molecule has 0 spiro atoms. The predicted molar refractivity (Wildman–Crippen MR) is 108 cm³/mol. The van der Waals surface area contributed by atoms with Gasteiger partial charge in [-0.05, 0) is 75.6 Å². The molecule has 11 heteroatoms. The molecule has 0 radical (unpaired) electrons. The van der Waals surface area contributed by atoms with Crippen LogP contribution in [0, 0.1) is 0 Å². The van der Waals surface area contributed by atoms with Gasteiger partial charge in [-0.25, -0.2) is 13.1 Å². The minimum absolute atomic E-state index is 0.128. The van der Waals surface area contributed by atoms with Crippen LogP contribution >= 0.6 is 0 Å². The van der Waals surface area contributed by atoms with Crippen molar-refractivity contribution in [1.82, 2.24) is 14.6 Å². The number of piperidine rings is 1. The van der Waals surface area contributed by atoms with Gasteiger partial charge in [-0.1, -0.05) is 6.07 Å². The molecular formula is C17H27N3O6S2. The lowest BCUT2D eigenvalue weighted by Gasteiger charge is -2.28. The summed E-state index contributed by atoms with van der Waals surface area (Å²) < 4.78 is 57.2. The zero-order valence-corrected chi connectivity index (χ0v) is 17.6. The van der Waals surface area contributed by atoms with Crippen LogP contribution in [-0.4, -0.2) is 68.8 Å². The molecule has 0 amide bonds. The Kier molecular flexibility index (Phi) is 7.59. The van der Waals surface area contributed by atoms with Crippen molar-refractivity contribution in [2.75, 3.05) is 32.9 Å². The molecule has 0 atom stereocenters. The summed E-state index contributed by atoms with van der Waals surface area (Å²) in [4.78, 5) is 5.74. The number of likely N-dealkylation sites (tertiary alicyclic amines) is 1. The molecule has 0 unspecified atom stereocenters. The summed E-state index contributed by atoms with van der Waals surface area (Å²) >= 11 is 0. The number of rotatable bonds is 5. The normalized spacial score (nSPS) is 16.7. The van der Waals surface area contributed by atoms with E-state index in [2.05, 4.69) is 40.0 Å². The van der Waals surface area contributed by atoms with Crippen molar-refractivity contribution in [2.24, 2.45) is 0 Å². The fraction of sp³-hybridized carbons (Fsp3) is 0.529. The van der Waals surface area contributed by atoms with Crippen molar-refractivity contribution in [3.8, 4) is 0 Å². The second kappa shape index (κ2) is 9.33. The number of sulfonamides is 1. The average molecular weight is 434 g/mol. The first-order valence-electron chi connectivity index (χ1n) is 8.88. The van der Waals surface area contributed by atoms with E-state index in [1.807, 2.05) is 6.07 Å². The van der Waals surface area contributed by atoms with E-state index in [4.69, 9.17) is 17.5 Å². The lowest BCUT2D eigenvalue weighted by Crippen LogP contribution is -2.29. The van der Waals surface area contributed by atoms with Crippen molar-refractivity contribution in [3.05, 3.63) is 35.5 Å². The fourth-order valence-electron chi connectivity index (χ4n) is 3.36. The molecule has 2 aromatic rings. The van der Waals surface area contributed by atoms with E-state index < -0.39 is 20.4 Å².